The van der Waals surface area contributed by atoms with Crippen LogP contribution >= 0.6 is 0 Å². The van der Waals surface area contributed by atoms with Crippen molar-refractivity contribution in [2.45, 2.75) is 0 Å². The minimum atomic E-state index is 0.687. The third kappa shape index (κ3) is 5.26. The van der Waals surface area contributed by atoms with Crippen molar-refractivity contribution >= 4 is 16.3 Å². The second kappa shape index (κ2) is 12.2. The van der Waals surface area contributed by atoms with Gasteiger partial charge in [-0.1, -0.05) is 170 Å². The molecule has 9 aromatic rings. The standard InChI is InChI=1S/C45H30N4/c1-5-15-31(16-6-1)39-30-40(32-17-7-2-8-18-32)47-45(46-39)36-27-25-33(26-28-36)41-29-37-23-13-14-24-38(37)44-42(34-19-9-3-10-20-34)43(48-49(41)44)35-21-11-4-12-22-35/h1-30H. The van der Waals surface area contributed by atoms with Crippen molar-refractivity contribution in [1.82, 2.24) is 19.6 Å². The summed E-state index contributed by atoms with van der Waals surface area (Å²) in [4.78, 5) is 10.1. The summed E-state index contributed by atoms with van der Waals surface area (Å²) < 4.78 is 2.13. The van der Waals surface area contributed by atoms with Crippen molar-refractivity contribution in [3.63, 3.8) is 0 Å². The topological polar surface area (TPSA) is 43.1 Å². The Morgan fingerprint density at radius 1 is 0.388 bits per heavy atom. The largest absolute Gasteiger partial charge is 0.231 e. The van der Waals surface area contributed by atoms with Gasteiger partial charge in [0.15, 0.2) is 5.82 Å². The molecule has 9 rings (SSSR count). The van der Waals surface area contributed by atoms with E-state index in [4.69, 9.17) is 15.1 Å². The van der Waals surface area contributed by atoms with E-state index in [9.17, 15) is 0 Å². The summed E-state index contributed by atoms with van der Waals surface area (Å²) in [6.45, 7) is 0. The van der Waals surface area contributed by atoms with Gasteiger partial charge in [0.2, 0.25) is 0 Å². The lowest BCUT2D eigenvalue weighted by Crippen LogP contribution is -1.97. The van der Waals surface area contributed by atoms with Crippen LogP contribution in [0.2, 0.25) is 0 Å². The molecule has 0 radical (unpaired) electrons. The lowest BCUT2D eigenvalue weighted by atomic mass is 9.97. The maximum atomic E-state index is 5.35. The zero-order valence-corrected chi connectivity index (χ0v) is 26.6. The zero-order chi connectivity index (χ0) is 32.6. The zero-order valence-electron chi connectivity index (χ0n) is 26.6. The van der Waals surface area contributed by atoms with Crippen LogP contribution in [0.1, 0.15) is 0 Å². The van der Waals surface area contributed by atoms with Gasteiger partial charge in [-0.25, -0.2) is 14.5 Å². The van der Waals surface area contributed by atoms with Gasteiger partial charge < -0.3 is 0 Å². The summed E-state index contributed by atoms with van der Waals surface area (Å²) in [7, 11) is 0. The van der Waals surface area contributed by atoms with Crippen LogP contribution < -0.4 is 0 Å². The van der Waals surface area contributed by atoms with E-state index >= 15 is 0 Å². The Labute approximate surface area is 284 Å². The van der Waals surface area contributed by atoms with E-state index in [1.54, 1.807) is 0 Å². The van der Waals surface area contributed by atoms with Crippen molar-refractivity contribution in [2.24, 2.45) is 0 Å². The second-order valence-corrected chi connectivity index (χ2v) is 12.1. The molecule has 3 aromatic heterocycles. The molecule has 0 aliphatic carbocycles. The molecule has 0 amide bonds. The SMILES string of the molecule is c1ccc(-c2cc(-c3ccccc3)nc(-c3ccc(-c4cc5ccccc5c5c(-c6ccccc6)c(-c6ccccc6)nn45)cc3)n2)cc1. The van der Waals surface area contributed by atoms with Crippen molar-refractivity contribution < 1.29 is 0 Å². The molecule has 6 aromatic carbocycles. The number of hydrogen-bond donors (Lipinski definition) is 0. The number of pyridine rings is 1. The minimum Gasteiger partial charge on any atom is -0.231 e. The highest BCUT2D eigenvalue weighted by molar-refractivity contribution is 6.08. The van der Waals surface area contributed by atoms with E-state index in [-0.39, 0.29) is 0 Å². The van der Waals surface area contributed by atoms with Gasteiger partial charge in [-0.3, -0.25) is 0 Å². The predicted molar refractivity (Wildman–Crippen MR) is 201 cm³/mol. The van der Waals surface area contributed by atoms with Crippen LogP contribution in [-0.2, 0) is 0 Å². The van der Waals surface area contributed by atoms with Gasteiger partial charge in [-0.05, 0) is 23.1 Å². The van der Waals surface area contributed by atoms with Crippen molar-refractivity contribution in [3.8, 4) is 67.5 Å². The quantitative estimate of drug-likeness (QED) is 0.184. The molecular formula is C45H30N4. The van der Waals surface area contributed by atoms with Crippen molar-refractivity contribution in [3.05, 3.63) is 182 Å². The Balaban J connectivity index is 1.23. The Morgan fingerprint density at radius 3 is 1.47 bits per heavy atom. The van der Waals surface area contributed by atoms with Crippen LogP contribution in [0.15, 0.2) is 182 Å². The molecule has 0 atom stereocenters. The van der Waals surface area contributed by atoms with Crippen LogP contribution in [0.3, 0.4) is 0 Å². The maximum Gasteiger partial charge on any atom is 0.160 e. The highest BCUT2D eigenvalue weighted by Crippen LogP contribution is 2.41. The first-order valence-corrected chi connectivity index (χ1v) is 16.5. The molecule has 4 heteroatoms. The second-order valence-electron chi connectivity index (χ2n) is 12.1. The van der Waals surface area contributed by atoms with Crippen LogP contribution in [0.5, 0.6) is 0 Å². The molecule has 0 saturated carbocycles. The molecule has 0 spiro atoms. The number of rotatable bonds is 6. The van der Waals surface area contributed by atoms with Crippen LogP contribution in [-0.4, -0.2) is 19.6 Å². The molecule has 0 unspecified atom stereocenters. The Bertz CT molecular complexity index is 2500. The van der Waals surface area contributed by atoms with Gasteiger partial charge in [0.05, 0.1) is 22.6 Å². The lowest BCUT2D eigenvalue weighted by Gasteiger charge is -2.12. The van der Waals surface area contributed by atoms with E-state index in [0.29, 0.717) is 5.82 Å². The number of benzene rings is 6. The molecule has 49 heavy (non-hydrogen) atoms. The van der Waals surface area contributed by atoms with E-state index in [1.807, 2.05) is 42.5 Å². The Morgan fingerprint density at radius 2 is 0.878 bits per heavy atom. The highest BCUT2D eigenvalue weighted by Gasteiger charge is 2.21. The molecule has 0 saturated heterocycles. The Kier molecular flexibility index (Phi) is 7.10. The molecule has 0 N–H and O–H groups in total. The monoisotopic (exact) mass is 626 g/mol. The van der Waals surface area contributed by atoms with E-state index in [0.717, 1.165) is 78.0 Å². The van der Waals surface area contributed by atoms with Gasteiger partial charge in [-0.2, -0.15) is 5.10 Å². The lowest BCUT2D eigenvalue weighted by molar-refractivity contribution is 0.979. The fourth-order valence-electron chi connectivity index (χ4n) is 6.65. The van der Waals surface area contributed by atoms with Gasteiger partial charge in [0.25, 0.3) is 0 Å². The smallest absolute Gasteiger partial charge is 0.160 e. The summed E-state index contributed by atoms with van der Waals surface area (Å²) in [6.07, 6.45) is 0. The number of aromatic nitrogens is 4. The number of hydrogen-bond acceptors (Lipinski definition) is 3. The van der Waals surface area contributed by atoms with E-state index in [1.165, 1.54) is 0 Å². The van der Waals surface area contributed by atoms with Gasteiger partial charge in [0.1, 0.15) is 5.69 Å². The number of nitrogens with zero attached hydrogens (tertiary/aromatic N) is 4. The van der Waals surface area contributed by atoms with Crippen LogP contribution in [0.4, 0.5) is 0 Å². The van der Waals surface area contributed by atoms with Crippen molar-refractivity contribution in [2.75, 3.05) is 0 Å². The number of fused-ring (bicyclic) bond motifs is 3. The van der Waals surface area contributed by atoms with E-state index < -0.39 is 0 Å². The van der Waals surface area contributed by atoms with Crippen LogP contribution in [0, 0.1) is 0 Å². The van der Waals surface area contributed by atoms with E-state index in [2.05, 4.69) is 144 Å². The average molecular weight is 627 g/mol. The molecule has 230 valence electrons. The predicted octanol–water partition coefficient (Wildman–Crippen LogP) is 11.3. The Hall–Kier alpha value is -6.65. The maximum absolute atomic E-state index is 5.35. The summed E-state index contributed by atoms with van der Waals surface area (Å²) >= 11 is 0. The fourth-order valence-corrected chi connectivity index (χ4v) is 6.65. The summed E-state index contributed by atoms with van der Waals surface area (Å²) in [5, 5.41) is 7.68. The normalized spacial score (nSPS) is 11.3. The van der Waals surface area contributed by atoms with Crippen molar-refractivity contribution in [1.29, 1.82) is 0 Å². The molecule has 0 aliphatic rings. The summed E-state index contributed by atoms with van der Waals surface area (Å²) in [6, 6.07) is 63.1. The first kappa shape index (κ1) is 28.6. The summed E-state index contributed by atoms with van der Waals surface area (Å²) in [5.41, 5.74) is 12.3. The van der Waals surface area contributed by atoms with Crippen LogP contribution in [0.25, 0.3) is 83.8 Å². The first-order chi connectivity index (χ1) is 24.3. The third-order valence-corrected chi connectivity index (χ3v) is 9.04. The van der Waals surface area contributed by atoms with Gasteiger partial charge in [0, 0.05) is 38.8 Å². The molecule has 4 nitrogen and oxygen atoms in total. The molecule has 0 bridgehead atoms. The molecule has 0 fully saturated rings. The average Bonchev–Trinajstić information content (AvgIpc) is 3.60. The summed E-state index contributed by atoms with van der Waals surface area (Å²) in [5.74, 6) is 0.687. The first-order valence-electron chi connectivity index (χ1n) is 16.5. The fraction of sp³-hybridized carbons (Fsp3) is 0. The molecule has 3 heterocycles. The van der Waals surface area contributed by atoms with Gasteiger partial charge >= 0.3 is 0 Å². The molecular weight excluding hydrogens is 597 g/mol. The highest BCUT2D eigenvalue weighted by atomic mass is 15.2. The van der Waals surface area contributed by atoms with Gasteiger partial charge in [-0.15, -0.1) is 0 Å². The minimum absolute atomic E-state index is 0.687. The third-order valence-electron chi connectivity index (χ3n) is 9.04. The molecule has 0 aliphatic heterocycles.